The SMILES string of the molecule is Cn1c(SCC(=O)O)nnc1-c1ccc(OC(F)F)cc1. The molecule has 0 aliphatic carbocycles. The molecule has 0 fully saturated rings. The third-order valence-corrected chi connectivity index (χ3v) is 3.50. The van der Waals surface area contributed by atoms with E-state index < -0.39 is 12.6 Å². The highest BCUT2D eigenvalue weighted by molar-refractivity contribution is 7.99. The summed E-state index contributed by atoms with van der Waals surface area (Å²) < 4.78 is 30.0. The molecule has 0 atom stereocenters. The number of hydrogen-bond acceptors (Lipinski definition) is 5. The summed E-state index contributed by atoms with van der Waals surface area (Å²) in [6.45, 7) is -2.87. The van der Waals surface area contributed by atoms with E-state index in [9.17, 15) is 13.6 Å². The highest BCUT2D eigenvalue weighted by Crippen LogP contribution is 2.24. The Morgan fingerprint density at radius 3 is 2.62 bits per heavy atom. The molecule has 1 aromatic heterocycles. The number of carboxylic acids is 1. The summed E-state index contributed by atoms with van der Waals surface area (Å²) in [5, 5.41) is 17.0. The smallest absolute Gasteiger partial charge is 0.387 e. The van der Waals surface area contributed by atoms with Crippen LogP contribution in [0.25, 0.3) is 11.4 Å². The lowest BCUT2D eigenvalue weighted by atomic mass is 10.2. The van der Waals surface area contributed by atoms with Gasteiger partial charge in [0.1, 0.15) is 5.75 Å². The normalized spacial score (nSPS) is 10.9. The van der Waals surface area contributed by atoms with E-state index in [1.54, 1.807) is 23.7 Å². The Balaban J connectivity index is 2.16. The molecule has 2 aromatic rings. The van der Waals surface area contributed by atoms with Crippen LogP contribution in [0.2, 0.25) is 0 Å². The van der Waals surface area contributed by atoms with Gasteiger partial charge < -0.3 is 14.4 Å². The molecule has 6 nitrogen and oxygen atoms in total. The van der Waals surface area contributed by atoms with Crippen LogP contribution in [0.1, 0.15) is 0 Å². The number of halogens is 2. The van der Waals surface area contributed by atoms with E-state index in [0.29, 0.717) is 16.5 Å². The molecule has 0 saturated heterocycles. The van der Waals surface area contributed by atoms with Crippen molar-refractivity contribution in [2.24, 2.45) is 7.05 Å². The van der Waals surface area contributed by atoms with Gasteiger partial charge in [0.25, 0.3) is 0 Å². The lowest BCUT2D eigenvalue weighted by molar-refractivity contribution is -0.133. The van der Waals surface area contributed by atoms with E-state index in [2.05, 4.69) is 14.9 Å². The van der Waals surface area contributed by atoms with Crippen molar-refractivity contribution in [2.45, 2.75) is 11.8 Å². The van der Waals surface area contributed by atoms with Gasteiger partial charge in [-0.2, -0.15) is 8.78 Å². The molecule has 0 aliphatic rings. The summed E-state index contributed by atoms with van der Waals surface area (Å²) in [7, 11) is 1.70. The fourth-order valence-corrected chi connectivity index (χ4v) is 2.23. The van der Waals surface area contributed by atoms with E-state index >= 15 is 0 Å². The fourth-order valence-electron chi connectivity index (χ4n) is 1.60. The number of aromatic nitrogens is 3. The minimum Gasteiger partial charge on any atom is -0.481 e. The third kappa shape index (κ3) is 3.91. The van der Waals surface area contributed by atoms with Crippen LogP contribution in [0.3, 0.4) is 0 Å². The van der Waals surface area contributed by atoms with Crippen LogP contribution in [0.5, 0.6) is 5.75 Å². The maximum atomic E-state index is 12.1. The zero-order valence-electron chi connectivity index (χ0n) is 10.9. The van der Waals surface area contributed by atoms with E-state index in [1.807, 2.05) is 0 Å². The highest BCUT2D eigenvalue weighted by atomic mass is 32.2. The van der Waals surface area contributed by atoms with Crippen LogP contribution >= 0.6 is 11.8 Å². The summed E-state index contributed by atoms with van der Waals surface area (Å²) in [6.07, 6.45) is 0. The maximum Gasteiger partial charge on any atom is 0.387 e. The molecule has 1 heterocycles. The minimum atomic E-state index is -2.87. The second-order valence-electron chi connectivity index (χ2n) is 3.95. The van der Waals surface area contributed by atoms with Crippen molar-refractivity contribution in [1.82, 2.24) is 14.8 Å². The monoisotopic (exact) mass is 315 g/mol. The predicted molar refractivity (Wildman–Crippen MR) is 71.4 cm³/mol. The number of alkyl halides is 2. The van der Waals surface area contributed by atoms with Crippen molar-refractivity contribution in [1.29, 1.82) is 0 Å². The molecule has 0 spiro atoms. The Hall–Kier alpha value is -2.16. The second kappa shape index (κ2) is 6.53. The quantitative estimate of drug-likeness (QED) is 0.824. The summed E-state index contributed by atoms with van der Waals surface area (Å²) >= 11 is 1.05. The zero-order valence-corrected chi connectivity index (χ0v) is 11.7. The van der Waals surface area contributed by atoms with Gasteiger partial charge in [0.05, 0.1) is 5.75 Å². The van der Waals surface area contributed by atoms with Crippen molar-refractivity contribution in [2.75, 3.05) is 5.75 Å². The van der Waals surface area contributed by atoms with Crippen molar-refractivity contribution in [3.8, 4) is 17.1 Å². The van der Waals surface area contributed by atoms with Crippen molar-refractivity contribution < 1.29 is 23.4 Å². The summed E-state index contributed by atoms with van der Waals surface area (Å²) in [4.78, 5) is 10.5. The van der Waals surface area contributed by atoms with Gasteiger partial charge >= 0.3 is 12.6 Å². The Bertz CT molecular complexity index is 631. The molecule has 1 aromatic carbocycles. The molecule has 0 unspecified atom stereocenters. The molecule has 0 aliphatic heterocycles. The van der Waals surface area contributed by atoms with Crippen LogP contribution in [0.15, 0.2) is 29.4 Å². The van der Waals surface area contributed by atoms with E-state index in [-0.39, 0.29) is 11.5 Å². The predicted octanol–water partition coefficient (Wildman–Crippen LogP) is 2.26. The molecule has 112 valence electrons. The second-order valence-corrected chi connectivity index (χ2v) is 4.89. The standard InChI is InChI=1S/C12H11F2N3O3S/c1-17-10(15-16-12(17)21-6-9(18)19)7-2-4-8(5-3-7)20-11(13)14/h2-5,11H,6H2,1H3,(H,18,19). The lowest BCUT2D eigenvalue weighted by Crippen LogP contribution is -2.02. The van der Waals surface area contributed by atoms with Gasteiger partial charge in [-0.25, -0.2) is 0 Å². The first kappa shape index (κ1) is 15.2. The Morgan fingerprint density at radius 1 is 1.38 bits per heavy atom. The van der Waals surface area contributed by atoms with Crippen LogP contribution in [-0.2, 0) is 11.8 Å². The fraction of sp³-hybridized carbons (Fsp3) is 0.250. The average molecular weight is 315 g/mol. The number of aliphatic carboxylic acids is 1. The Labute approximate surface area is 122 Å². The molecule has 9 heteroatoms. The number of benzene rings is 1. The van der Waals surface area contributed by atoms with Crippen LogP contribution < -0.4 is 4.74 Å². The van der Waals surface area contributed by atoms with Gasteiger partial charge in [0.2, 0.25) is 0 Å². The maximum absolute atomic E-state index is 12.1. The van der Waals surface area contributed by atoms with Gasteiger partial charge in [0, 0.05) is 12.6 Å². The number of hydrogen-bond donors (Lipinski definition) is 1. The largest absolute Gasteiger partial charge is 0.481 e. The number of thioether (sulfide) groups is 1. The average Bonchev–Trinajstić information content (AvgIpc) is 2.78. The molecular weight excluding hydrogens is 304 g/mol. The Morgan fingerprint density at radius 2 is 2.05 bits per heavy atom. The van der Waals surface area contributed by atoms with Crippen LogP contribution in [0, 0.1) is 0 Å². The van der Waals surface area contributed by atoms with E-state index in [4.69, 9.17) is 5.11 Å². The molecule has 2 rings (SSSR count). The van der Waals surface area contributed by atoms with Gasteiger partial charge in [-0.3, -0.25) is 4.79 Å². The van der Waals surface area contributed by atoms with Crippen LogP contribution in [-0.4, -0.2) is 38.2 Å². The lowest BCUT2D eigenvalue weighted by Gasteiger charge is -2.06. The van der Waals surface area contributed by atoms with Crippen molar-refractivity contribution in [3.63, 3.8) is 0 Å². The molecule has 0 saturated carbocycles. The summed E-state index contributed by atoms with van der Waals surface area (Å²) in [5.41, 5.74) is 0.661. The van der Waals surface area contributed by atoms with Crippen molar-refractivity contribution >= 4 is 17.7 Å². The summed E-state index contributed by atoms with van der Waals surface area (Å²) in [6, 6.07) is 5.96. The topological polar surface area (TPSA) is 77.2 Å². The van der Waals surface area contributed by atoms with Gasteiger partial charge in [-0.05, 0) is 24.3 Å². The first-order valence-corrected chi connectivity index (χ1v) is 6.75. The van der Waals surface area contributed by atoms with Gasteiger partial charge in [-0.15, -0.1) is 10.2 Å². The van der Waals surface area contributed by atoms with E-state index in [0.717, 1.165) is 11.8 Å². The summed E-state index contributed by atoms with van der Waals surface area (Å²) in [5.74, 6) is -0.506. The number of rotatable bonds is 6. The molecular formula is C12H11F2N3O3S. The molecule has 0 radical (unpaired) electrons. The molecule has 1 N–H and O–H groups in total. The Kier molecular flexibility index (Phi) is 4.73. The highest BCUT2D eigenvalue weighted by Gasteiger charge is 2.13. The number of carboxylic acid groups (broad SMARTS) is 1. The number of carbonyl (C=O) groups is 1. The molecule has 21 heavy (non-hydrogen) atoms. The minimum absolute atomic E-state index is 0.0522. The molecule has 0 amide bonds. The zero-order chi connectivity index (χ0) is 15.4. The first-order valence-electron chi connectivity index (χ1n) is 5.76. The first-order chi connectivity index (χ1) is 9.97. The van der Waals surface area contributed by atoms with E-state index in [1.165, 1.54) is 12.1 Å². The molecule has 0 bridgehead atoms. The van der Waals surface area contributed by atoms with Crippen LogP contribution in [0.4, 0.5) is 8.78 Å². The number of nitrogens with zero attached hydrogens (tertiary/aromatic N) is 3. The third-order valence-electron chi connectivity index (χ3n) is 2.50. The van der Waals surface area contributed by atoms with Gasteiger partial charge in [0.15, 0.2) is 11.0 Å². The van der Waals surface area contributed by atoms with Crippen molar-refractivity contribution in [3.05, 3.63) is 24.3 Å². The van der Waals surface area contributed by atoms with Gasteiger partial charge in [-0.1, -0.05) is 11.8 Å². The number of ether oxygens (including phenoxy) is 1.